The van der Waals surface area contributed by atoms with Gasteiger partial charge in [-0.3, -0.25) is 9.13 Å². The third kappa shape index (κ3) is 2.27. The monoisotopic (exact) mass is 275 g/mol. The number of fused-ring (bicyclic) bond motifs is 1. The summed E-state index contributed by atoms with van der Waals surface area (Å²) in [6.07, 6.45) is 0.0628. The van der Waals surface area contributed by atoms with Crippen LogP contribution in [0.25, 0.3) is 11.0 Å². The van der Waals surface area contributed by atoms with Crippen molar-refractivity contribution in [1.29, 1.82) is 0 Å². The smallest absolute Gasteiger partial charge is 0.329 e. The predicted molar refractivity (Wildman–Crippen MR) is 79.2 cm³/mol. The van der Waals surface area contributed by atoms with E-state index in [4.69, 9.17) is 4.74 Å². The number of aromatic nitrogens is 2. The molecule has 1 unspecified atom stereocenters. The van der Waals surface area contributed by atoms with E-state index >= 15 is 0 Å². The maximum absolute atomic E-state index is 12.7. The number of imidazole rings is 1. The van der Waals surface area contributed by atoms with E-state index in [1.54, 1.807) is 0 Å². The molecular formula is C15H21N3O2. The van der Waals surface area contributed by atoms with Gasteiger partial charge in [-0.25, -0.2) is 4.79 Å². The molecule has 1 aromatic heterocycles. The minimum absolute atomic E-state index is 0.0513. The van der Waals surface area contributed by atoms with Gasteiger partial charge < -0.3 is 10.1 Å². The summed E-state index contributed by atoms with van der Waals surface area (Å²) in [5.74, 6) is 0. The van der Waals surface area contributed by atoms with Gasteiger partial charge in [-0.2, -0.15) is 0 Å². The maximum atomic E-state index is 12.7. The van der Waals surface area contributed by atoms with Crippen molar-refractivity contribution in [2.45, 2.75) is 32.5 Å². The average Bonchev–Trinajstić information content (AvgIpc) is 2.73. The Labute approximate surface area is 118 Å². The van der Waals surface area contributed by atoms with Crippen molar-refractivity contribution in [3.05, 3.63) is 34.7 Å². The van der Waals surface area contributed by atoms with Gasteiger partial charge in [0.1, 0.15) is 0 Å². The number of nitrogens with zero attached hydrogens (tertiary/aromatic N) is 2. The van der Waals surface area contributed by atoms with Crippen molar-refractivity contribution >= 4 is 11.0 Å². The fourth-order valence-electron chi connectivity index (χ4n) is 2.85. The number of benzene rings is 1. The summed E-state index contributed by atoms with van der Waals surface area (Å²) >= 11 is 0. The molecule has 3 rings (SSSR count). The van der Waals surface area contributed by atoms with E-state index in [0.29, 0.717) is 13.2 Å². The molecule has 2 aromatic rings. The first kappa shape index (κ1) is 13.4. The van der Waals surface area contributed by atoms with Crippen LogP contribution in [0.15, 0.2) is 29.1 Å². The van der Waals surface area contributed by atoms with Crippen molar-refractivity contribution in [3.63, 3.8) is 0 Å². The molecule has 0 bridgehead atoms. The first-order chi connectivity index (χ1) is 9.68. The van der Waals surface area contributed by atoms with Gasteiger partial charge in [0.25, 0.3) is 0 Å². The molecular weight excluding hydrogens is 254 g/mol. The fourth-order valence-corrected chi connectivity index (χ4v) is 2.85. The van der Waals surface area contributed by atoms with Crippen molar-refractivity contribution in [2.75, 3.05) is 19.7 Å². The summed E-state index contributed by atoms with van der Waals surface area (Å²) < 4.78 is 9.42. The first-order valence-electron chi connectivity index (χ1n) is 7.20. The van der Waals surface area contributed by atoms with E-state index < -0.39 is 0 Å². The third-order valence-electron chi connectivity index (χ3n) is 3.78. The summed E-state index contributed by atoms with van der Waals surface area (Å²) in [5, 5.41) is 3.30. The number of hydrogen-bond donors (Lipinski definition) is 1. The number of ether oxygens (including phenoxy) is 1. The Balaban J connectivity index is 2.05. The number of morpholine rings is 1. The molecule has 1 atom stereocenters. The highest BCUT2D eigenvalue weighted by Gasteiger charge is 2.19. The zero-order chi connectivity index (χ0) is 14.1. The number of nitrogens with one attached hydrogen (secondary N) is 1. The Morgan fingerprint density at radius 2 is 2.10 bits per heavy atom. The topological polar surface area (TPSA) is 48.2 Å². The lowest BCUT2D eigenvalue weighted by Gasteiger charge is -2.23. The number of hydrogen-bond acceptors (Lipinski definition) is 3. The second kappa shape index (κ2) is 5.42. The SMILES string of the molecule is CC(C)n1c(=O)n(CC2CNCCO2)c2ccccc21. The van der Waals surface area contributed by atoms with Gasteiger partial charge in [0.05, 0.1) is 30.3 Å². The first-order valence-corrected chi connectivity index (χ1v) is 7.20. The summed E-state index contributed by atoms with van der Waals surface area (Å²) in [4.78, 5) is 12.7. The quantitative estimate of drug-likeness (QED) is 0.920. The zero-order valence-electron chi connectivity index (χ0n) is 12.0. The summed E-state index contributed by atoms with van der Waals surface area (Å²) in [6.45, 7) is 7.08. The van der Waals surface area contributed by atoms with Crippen LogP contribution in [0.3, 0.4) is 0 Å². The molecule has 1 fully saturated rings. The van der Waals surface area contributed by atoms with Crippen molar-refractivity contribution in [3.8, 4) is 0 Å². The Hall–Kier alpha value is -1.59. The molecule has 1 aliphatic rings. The van der Waals surface area contributed by atoms with Crippen LogP contribution in [0.2, 0.25) is 0 Å². The molecule has 108 valence electrons. The number of para-hydroxylation sites is 2. The summed E-state index contributed by atoms with van der Waals surface area (Å²) in [7, 11) is 0. The van der Waals surface area contributed by atoms with Gasteiger partial charge >= 0.3 is 5.69 Å². The van der Waals surface area contributed by atoms with E-state index in [-0.39, 0.29) is 17.8 Å². The molecule has 0 aliphatic carbocycles. The highest BCUT2D eigenvalue weighted by Crippen LogP contribution is 2.17. The Bertz CT molecular complexity index is 651. The van der Waals surface area contributed by atoms with E-state index in [1.807, 2.05) is 47.2 Å². The predicted octanol–water partition coefficient (Wildman–Crippen LogP) is 1.37. The standard InChI is InChI=1S/C15H21N3O2/c1-11(2)18-14-6-4-3-5-13(14)17(15(18)19)10-12-9-16-7-8-20-12/h3-6,11-12,16H,7-10H2,1-2H3. The lowest BCUT2D eigenvalue weighted by atomic mass is 10.2. The van der Waals surface area contributed by atoms with E-state index in [1.165, 1.54) is 0 Å². The van der Waals surface area contributed by atoms with Crippen molar-refractivity contribution < 1.29 is 4.74 Å². The van der Waals surface area contributed by atoms with Gasteiger partial charge in [0.2, 0.25) is 0 Å². The van der Waals surface area contributed by atoms with Crippen LogP contribution >= 0.6 is 0 Å². The van der Waals surface area contributed by atoms with Crippen molar-refractivity contribution in [2.24, 2.45) is 0 Å². The van der Waals surface area contributed by atoms with Crippen LogP contribution in [0.1, 0.15) is 19.9 Å². The van der Waals surface area contributed by atoms with E-state index in [2.05, 4.69) is 5.32 Å². The number of rotatable bonds is 3. The lowest BCUT2D eigenvalue weighted by Crippen LogP contribution is -2.42. The third-order valence-corrected chi connectivity index (χ3v) is 3.78. The van der Waals surface area contributed by atoms with Crippen LogP contribution in [0.5, 0.6) is 0 Å². The fraction of sp³-hybridized carbons (Fsp3) is 0.533. The Morgan fingerprint density at radius 1 is 1.35 bits per heavy atom. The molecule has 5 nitrogen and oxygen atoms in total. The van der Waals surface area contributed by atoms with E-state index in [0.717, 1.165) is 24.1 Å². The normalized spacial score (nSPS) is 19.9. The highest BCUT2D eigenvalue weighted by atomic mass is 16.5. The van der Waals surface area contributed by atoms with Crippen LogP contribution in [-0.2, 0) is 11.3 Å². The molecule has 1 aliphatic heterocycles. The average molecular weight is 275 g/mol. The molecule has 5 heteroatoms. The largest absolute Gasteiger partial charge is 0.374 e. The maximum Gasteiger partial charge on any atom is 0.329 e. The van der Waals surface area contributed by atoms with Crippen LogP contribution in [0, 0.1) is 0 Å². The van der Waals surface area contributed by atoms with Crippen LogP contribution in [0.4, 0.5) is 0 Å². The molecule has 1 N–H and O–H groups in total. The minimum atomic E-state index is 0.0513. The molecule has 0 spiro atoms. The van der Waals surface area contributed by atoms with Gasteiger partial charge in [-0.15, -0.1) is 0 Å². The molecule has 1 aromatic carbocycles. The molecule has 0 saturated carbocycles. The van der Waals surface area contributed by atoms with E-state index in [9.17, 15) is 4.79 Å². The van der Waals surface area contributed by atoms with Gasteiger partial charge in [-0.05, 0) is 26.0 Å². The molecule has 0 radical (unpaired) electrons. The minimum Gasteiger partial charge on any atom is -0.374 e. The molecule has 2 heterocycles. The Morgan fingerprint density at radius 3 is 2.75 bits per heavy atom. The zero-order valence-corrected chi connectivity index (χ0v) is 12.0. The van der Waals surface area contributed by atoms with Crippen molar-refractivity contribution in [1.82, 2.24) is 14.5 Å². The second-order valence-corrected chi connectivity index (χ2v) is 5.54. The second-order valence-electron chi connectivity index (χ2n) is 5.54. The van der Waals surface area contributed by atoms with Gasteiger partial charge in [0.15, 0.2) is 0 Å². The van der Waals surface area contributed by atoms with Crippen LogP contribution < -0.4 is 11.0 Å². The van der Waals surface area contributed by atoms with Gasteiger partial charge in [0, 0.05) is 19.1 Å². The highest BCUT2D eigenvalue weighted by molar-refractivity contribution is 5.76. The summed E-state index contributed by atoms with van der Waals surface area (Å²) in [6, 6.07) is 8.12. The summed E-state index contributed by atoms with van der Waals surface area (Å²) in [5.41, 5.74) is 2.03. The lowest BCUT2D eigenvalue weighted by molar-refractivity contribution is 0.0182. The molecule has 0 amide bonds. The van der Waals surface area contributed by atoms with Gasteiger partial charge in [-0.1, -0.05) is 12.1 Å². The molecule has 20 heavy (non-hydrogen) atoms. The van der Waals surface area contributed by atoms with Crippen LogP contribution in [-0.4, -0.2) is 34.9 Å². The Kier molecular flexibility index (Phi) is 3.63. The molecule has 1 saturated heterocycles.